The molecule has 0 aromatic heterocycles. The van der Waals surface area contributed by atoms with Crippen molar-refractivity contribution >= 4 is 5.97 Å². The smallest absolute Gasteiger partial charge is 0.337 e. The van der Waals surface area contributed by atoms with Gasteiger partial charge in [-0.05, 0) is 104 Å². The van der Waals surface area contributed by atoms with Gasteiger partial charge in [0, 0.05) is 16.7 Å². The number of carbonyl (C=O) groups is 1. The Labute approximate surface area is 172 Å². The highest BCUT2D eigenvalue weighted by molar-refractivity contribution is 5.89. The van der Waals surface area contributed by atoms with Crippen molar-refractivity contribution in [2.45, 2.75) is 43.9 Å². The molecule has 4 fully saturated rings. The van der Waals surface area contributed by atoms with E-state index in [0.29, 0.717) is 11.3 Å². The van der Waals surface area contributed by atoms with Gasteiger partial charge < -0.3 is 9.84 Å². The number of aromatic hydroxyl groups is 1. The quantitative estimate of drug-likeness (QED) is 0.581. The van der Waals surface area contributed by atoms with Crippen LogP contribution >= 0.6 is 0 Å². The predicted octanol–water partition coefficient (Wildman–Crippen LogP) is 5.05. The van der Waals surface area contributed by atoms with E-state index in [4.69, 9.17) is 4.74 Å². The molecule has 3 nitrogen and oxygen atoms in total. The van der Waals surface area contributed by atoms with E-state index in [1.54, 1.807) is 12.1 Å². The standard InChI is InChI=1S/C26H26O3/c1-29-25(28)22-7-4-17(5-8-22)2-3-18-6-9-24(27)23(13-18)26-14-19-10-20(15-26)12-21(11-19)16-26/h4-9,13,19-21,27H,10-12,14-16H2,1H3. The number of hydrogen-bond acceptors (Lipinski definition) is 3. The van der Waals surface area contributed by atoms with Crippen LogP contribution in [0, 0.1) is 29.6 Å². The summed E-state index contributed by atoms with van der Waals surface area (Å²) in [5.74, 6) is 9.02. The third kappa shape index (κ3) is 3.31. The molecule has 0 aliphatic heterocycles. The largest absolute Gasteiger partial charge is 0.508 e. The number of carbonyl (C=O) groups excluding carboxylic acids is 1. The van der Waals surface area contributed by atoms with Crippen LogP contribution in [-0.2, 0) is 10.2 Å². The minimum absolute atomic E-state index is 0.151. The van der Waals surface area contributed by atoms with Crippen LogP contribution in [0.3, 0.4) is 0 Å². The Morgan fingerprint density at radius 1 is 0.931 bits per heavy atom. The van der Waals surface area contributed by atoms with Gasteiger partial charge in [-0.3, -0.25) is 0 Å². The minimum atomic E-state index is -0.344. The summed E-state index contributed by atoms with van der Waals surface area (Å²) in [6, 6.07) is 13.0. The molecular formula is C26H26O3. The van der Waals surface area contributed by atoms with Crippen LogP contribution < -0.4 is 0 Å². The van der Waals surface area contributed by atoms with Gasteiger partial charge in [-0.25, -0.2) is 4.79 Å². The van der Waals surface area contributed by atoms with Crippen LogP contribution in [0.5, 0.6) is 5.75 Å². The molecule has 0 atom stereocenters. The minimum Gasteiger partial charge on any atom is -0.508 e. The lowest BCUT2D eigenvalue weighted by atomic mass is 9.48. The van der Waals surface area contributed by atoms with Crippen LogP contribution in [0.15, 0.2) is 42.5 Å². The van der Waals surface area contributed by atoms with Crippen molar-refractivity contribution in [2.24, 2.45) is 17.8 Å². The van der Waals surface area contributed by atoms with Crippen LogP contribution in [0.4, 0.5) is 0 Å². The first-order valence-electron chi connectivity index (χ1n) is 10.6. The van der Waals surface area contributed by atoms with Gasteiger partial charge in [-0.1, -0.05) is 11.8 Å². The van der Waals surface area contributed by atoms with E-state index >= 15 is 0 Å². The lowest BCUT2D eigenvalue weighted by molar-refractivity contribution is -0.00614. The molecule has 6 rings (SSSR count). The first kappa shape index (κ1) is 18.3. The second-order valence-corrected chi connectivity index (χ2v) is 9.25. The lowest BCUT2D eigenvalue weighted by Crippen LogP contribution is -2.48. The van der Waals surface area contributed by atoms with Crippen LogP contribution in [0.1, 0.15) is 65.6 Å². The van der Waals surface area contributed by atoms with Crippen molar-refractivity contribution in [1.29, 1.82) is 0 Å². The zero-order chi connectivity index (χ0) is 20.0. The maximum absolute atomic E-state index is 11.6. The molecule has 0 unspecified atom stereocenters. The maximum Gasteiger partial charge on any atom is 0.337 e. The van der Waals surface area contributed by atoms with Gasteiger partial charge in [0.1, 0.15) is 5.75 Å². The van der Waals surface area contributed by atoms with Gasteiger partial charge in [0.2, 0.25) is 0 Å². The first-order valence-corrected chi connectivity index (χ1v) is 10.6. The predicted molar refractivity (Wildman–Crippen MR) is 112 cm³/mol. The first-order chi connectivity index (χ1) is 14.0. The highest BCUT2D eigenvalue weighted by Crippen LogP contribution is 2.61. The molecule has 29 heavy (non-hydrogen) atoms. The molecule has 0 radical (unpaired) electrons. The van der Waals surface area contributed by atoms with E-state index < -0.39 is 0 Å². The van der Waals surface area contributed by atoms with Gasteiger partial charge in [0.25, 0.3) is 0 Å². The fourth-order valence-electron chi connectivity index (χ4n) is 6.43. The van der Waals surface area contributed by atoms with Gasteiger partial charge >= 0.3 is 5.97 Å². The van der Waals surface area contributed by atoms with E-state index in [0.717, 1.165) is 34.4 Å². The SMILES string of the molecule is COC(=O)c1ccc(C#Cc2ccc(O)c(C34CC5CC(CC(C5)C3)C4)c2)cc1. The molecular weight excluding hydrogens is 360 g/mol. The summed E-state index contributed by atoms with van der Waals surface area (Å²) < 4.78 is 4.73. The van der Waals surface area contributed by atoms with E-state index in [1.807, 2.05) is 24.3 Å². The van der Waals surface area contributed by atoms with Gasteiger partial charge in [-0.15, -0.1) is 0 Å². The summed E-state index contributed by atoms with van der Waals surface area (Å²) in [6.07, 6.45) is 7.83. The molecule has 1 N–H and O–H groups in total. The van der Waals surface area contributed by atoms with E-state index in [9.17, 15) is 9.90 Å². The van der Waals surface area contributed by atoms with Gasteiger partial charge in [0.05, 0.1) is 12.7 Å². The van der Waals surface area contributed by atoms with Crippen molar-refractivity contribution in [3.8, 4) is 17.6 Å². The molecule has 0 heterocycles. The molecule has 2 aromatic rings. The van der Waals surface area contributed by atoms with Crippen molar-refractivity contribution < 1.29 is 14.6 Å². The Balaban J connectivity index is 1.43. The summed E-state index contributed by atoms with van der Waals surface area (Å²) in [7, 11) is 1.38. The zero-order valence-electron chi connectivity index (χ0n) is 16.8. The van der Waals surface area contributed by atoms with Crippen LogP contribution in [0.2, 0.25) is 0 Å². The normalized spacial score (nSPS) is 29.2. The second kappa shape index (κ2) is 6.95. The zero-order valence-corrected chi connectivity index (χ0v) is 16.8. The second-order valence-electron chi connectivity index (χ2n) is 9.25. The Morgan fingerprint density at radius 3 is 2.07 bits per heavy atom. The lowest BCUT2D eigenvalue weighted by Gasteiger charge is -2.57. The molecule has 4 aliphatic carbocycles. The Kier molecular flexibility index (Phi) is 4.39. The summed E-state index contributed by atoms with van der Waals surface area (Å²) in [5, 5.41) is 10.7. The fraction of sp³-hybridized carbons (Fsp3) is 0.423. The number of methoxy groups -OCH3 is 1. The fourth-order valence-corrected chi connectivity index (χ4v) is 6.43. The molecule has 148 valence electrons. The summed E-state index contributed by atoms with van der Waals surface area (Å²) >= 11 is 0. The molecule has 0 amide bonds. The summed E-state index contributed by atoms with van der Waals surface area (Å²) in [4.78, 5) is 11.6. The third-order valence-electron chi connectivity index (χ3n) is 7.26. The number of hydrogen-bond donors (Lipinski definition) is 1. The monoisotopic (exact) mass is 386 g/mol. The Hall–Kier alpha value is -2.73. The number of ether oxygens (including phenoxy) is 1. The Bertz CT molecular complexity index is 971. The molecule has 3 heteroatoms. The van der Waals surface area contributed by atoms with Crippen molar-refractivity contribution in [3.63, 3.8) is 0 Å². The topological polar surface area (TPSA) is 46.5 Å². The molecule has 4 saturated carbocycles. The molecule has 0 saturated heterocycles. The number of esters is 1. The average molecular weight is 386 g/mol. The van der Waals surface area contributed by atoms with E-state index in [-0.39, 0.29) is 11.4 Å². The number of phenols is 1. The van der Waals surface area contributed by atoms with E-state index in [2.05, 4.69) is 17.9 Å². The van der Waals surface area contributed by atoms with Crippen LogP contribution in [-0.4, -0.2) is 18.2 Å². The number of benzene rings is 2. The highest BCUT2D eigenvalue weighted by atomic mass is 16.5. The van der Waals surface area contributed by atoms with Gasteiger partial charge in [0.15, 0.2) is 0 Å². The van der Waals surface area contributed by atoms with Crippen molar-refractivity contribution in [2.75, 3.05) is 7.11 Å². The molecule has 4 bridgehead atoms. The maximum atomic E-state index is 11.6. The van der Waals surface area contributed by atoms with Gasteiger partial charge in [-0.2, -0.15) is 0 Å². The highest BCUT2D eigenvalue weighted by Gasteiger charge is 2.52. The number of rotatable bonds is 2. The molecule has 4 aliphatic rings. The summed E-state index contributed by atoms with van der Waals surface area (Å²) in [5.41, 5.74) is 3.57. The average Bonchev–Trinajstić information content (AvgIpc) is 2.72. The number of phenolic OH excluding ortho intramolecular Hbond substituents is 1. The molecule has 0 spiro atoms. The van der Waals surface area contributed by atoms with E-state index in [1.165, 1.54) is 45.6 Å². The third-order valence-corrected chi connectivity index (χ3v) is 7.26. The Morgan fingerprint density at radius 2 is 1.48 bits per heavy atom. The van der Waals surface area contributed by atoms with Crippen LogP contribution in [0.25, 0.3) is 0 Å². The van der Waals surface area contributed by atoms with Crippen molar-refractivity contribution in [1.82, 2.24) is 0 Å². The molecule has 2 aromatic carbocycles. The van der Waals surface area contributed by atoms with Crippen molar-refractivity contribution in [3.05, 3.63) is 64.7 Å². The summed E-state index contributed by atoms with van der Waals surface area (Å²) in [6.45, 7) is 0.